The van der Waals surface area contributed by atoms with Crippen LogP contribution >= 0.6 is 23.2 Å². The summed E-state index contributed by atoms with van der Waals surface area (Å²) in [5.74, 6) is 0.0132. The van der Waals surface area contributed by atoms with Gasteiger partial charge in [0.2, 0.25) is 0 Å². The number of hydrogen-bond donors (Lipinski definition) is 1. The van der Waals surface area contributed by atoms with Crippen molar-refractivity contribution in [2.24, 2.45) is 0 Å². The molecular weight excluding hydrogens is 227 g/mol. The number of nitrogens with one attached hydrogen (secondary N) is 1. The average Bonchev–Trinajstić information content (AvgIpc) is 2.16. The minimum Gasteiger partial charge on any atom is -0.468 e. The smallest absolute Gasteiger partial charge is 0.325 e. The van der Waals surface area contributed by atoms with Gasteiger partial charge in [-0.3, -0.25) is 4.79 Å². The molecule has 1 heterocycles. The highest BCUT2D eigenvalue weighted by atomic mass is 35.5. The van der Waals surface area contributed by atoms with Gasteiger partial charge in [0.25, 0.3) is 0 Å². The van der Waals surface area contributed by atoms with E-state index >= 15 is 0 Å². The molecular formula is C8H8Cl2N2O2. The first-order valence-corrected chi connectivity index (χ1v) is 4.51. The minimum absolute atomic E-state index is 0.0187. The molecule has 6 heteroatoms. The fourth-order valence-corrected chi connectivity index (χ4v) is 1.22. The number of pyridine rings is 1. The van der Waals surface area contributed by atoms with Gasteiger partial charge in [-0.05, 0) is 6.07 Å². The Bertz CT molecular complexity index is 344. The summed E-state index contributed by atoms with van der Waals surface area (Å²) in [6.07, 6.45) is 1.44. The number of esters is 1. The number of aromatic nitrogens is 1. The second-order valence-corrected chi connectivity index (χ2v) is 3.26. The monoisotopic (exact) mass is 234 g/mol. The van der Waals surface area contributed by atoms with E-state index in [1.54, 1.807) is 0 Å². The van der Waals surface area contributed by atoms with Crippen molar-refractivity contribution in [3.05, 3.63) is 22.3 Å². The van der Waals surface area contributed by atoms with E-state index in [1.165, 1.54) is 19.4 Å². The Balaban J connectivity index is 2.63. The van der Waals surface area contributed by atoms with E-state index in [0.717, 1.165) is 0 Å². The maximum atomic E-state index is 10.8. The van der Waals surface area contributed by atoms with Crippen LogP contribution in [0.15, 0.2) is 12.3 Å². The first-order valence-electron chi connectivity index (χ1n) is 3.75. The van der Waals surface area contributed by atoms with Crippen LogP contribution in [0.25, 0.3) is 0 Å². The van der Waals surface area contributed by atoms with Crippen molar-refractivity contribution < 1.29 is 9.53 Å². The Labute approximate surface area is 91.2 Å². The average molecular weight is 235 g/mol. The van der Waals surface area contributed by atoms with Crippen LogP contribution in [0, 0.1) is 0 Å². The second kappa shape index (κ2) is 5.02. The summed E-state index contributed by atoms with van der Waals surface area (Å²) < 4.78 is 4.44. The molecule has 0 radical (unpaired) electrons. The zero-order valence-electron chi connectivity index (χ0n) is 7.38. The lowest BCUT2D eigenvalue weighted by molar-refractivity contribution is -0.138. The fraction of sp³-hybridized carbons (Fsp3) is 0.250. The number of methoxy groups -OCH3 is 1. The third-order valence-corrected chi connectivity index (χ3v) is 1.93. The highest BCUT2D eigenvalue weighted by Crippen LogP contribution is 2.21. The van der Waals surface area contributed by atoms with E-state index in [9.17, 15) is 4.79 Å². The lowest BCUT2D eigenvalue weighted by atomic mass is 10.4. The van der Waals surface area contributed by atoms with E-state index in [4.69, 9.17) is 23.2 Å². The molecule has 4 nitrogen and oxygen atoms in total. The first kappa shape index (κ1) is 11.1. The number of carbonyl (C=O) groups is 1. The van der Waals surface area contributed by atoms with Gasteiger partial charge in [-0.1, -0.05) is 23.2 Å². The first-order chi connectivity index (χ1) is 6.63. The van der Waals surface area contributed by atoms with Crippen molar-refractivity contribution in [2.75, 3.05) is 19.0 Å². The third kappa shape index (κ3) is 3.05. The van der Waals surface area contributed by atoms with Crippen molar-refractivity contribution >= 4 is 35.0 Å². The van der Waals surface area contributed by atoms with Crippen LogP contribution < -0.4 is 5.32 Å². The number of hydrogen-bond acceptors (Lipinski definition) is 4. The lowest BCUT2D eigenvalue weighted by Crippen LogP contribution is -2.15. The Morgan fingerprint density at radius 1 is 1.64 bits per heavy atom. The van der Waals surface area contributed by atoms with Gasteiger partial charge in [0.05, 0.1) is 17.2 Å². The van der Waals surface area contributed by atoms with Crippen molar-refractivity contribution in [3.63, 3.8) is 0 Å². The molecule has 0 amide bonds. The molecule has 0 atom stereocenters. The Morgan fingerprint density at radius 2 is 2.36 bits per heavy atom. The Morgan fingerprint density at radius 3 is 2.93 bits per heavy atom. The maximum Gasteiger partial charge on any atom is 0.325 e. The predicted octanol–water partition coefficient (Wildman–Crippen LogP) is 1.97. The SMILES string of the molecule is COC(=O)CNc1ncc(Cl)cc1Cl. The van der Waals surface area contributed by atoms with E-state index in [1.807, 2.05) is 0 Å². The molecule has 1 aromatic rings. The molecule has 0 bridgehead atoms. The van der Waals surface area contributed by atoms with E-state index < -0.39 is 5.97 Å². The standard InChI is InChI=1S/C8H8Cl2N2O2/c1-14-7(13)4-12-8-6(10)2-5(9)3-11-8/h2-3H,4H2,1H3,(H,11,12). The maximum absolute atomic E-state index is 10.8. The number of rotatable bonds is 3. The van der Waals surface area contributed by atoms with Crippen molar-refractivity contribution in [1.29, 1.82) is 0 Å². The number of anilines is 1. The van der Waals surface area contributed by atoms with Crippen LogP contribution in [0.1, 0.15) is 0 Å². The summed E-state index contributed by atoms with van der Waals surface area (Å²) in [6, 6.07) is 1.54. The molecule has 0 saturated carbocycles. The van der Waals surface area contributed by atoms with Crippen LogP contribution in [-0.4, -0.2) is 24.6 Å². The Hall–Kier alpha value is -1.000. The van der Waals surface area contributed by atoms with Crippen LogP contribution in [0.3, 0.4) is 0 Å². The summed E-state index contributed by atoms with van der Waals surface area (Å²) >= 11 is 11.4. The van der Waals surface area contributed by atoms with Crippen molar-refractivity contribution in [1.82, 2.24) is 4.98 Å². The molecule has 0 aliphatic carbocycles. The van der Waals surface area contributed by atoms with Gasteiger partial charge in [0.1, 0.15) is 12.4 Å². The van der Waals surface area contributed by atoms with Gasteiger partial charge < -0.3 is 10.1 Å². The number of carbonyl (C=O) groups excluding carboxylic acids is 1. The number of ether oxygens (including phenoxy) is 1. The summed E-state index contributed by atoms with van der Waals surface area (Å²) in [5.41, 5.74) is 0. The minimum atomic E-state index is -0.391. The highest BCUT2D eigenvalue weighted by Gasteiger charge is 2.04. The largest absolute Gasteiger partial charge is 0.468 e. The van der Waals surface area contributed by atoms with Gasteiger partial charge in [-0.25, -0.2) is 4.98 Å². The topological polar surface area (TPSA) is 51.2 Å². The summed E-state index contributed by atoms with van der Waals surface area (Å²) in [6.45, 7) is 0.0187. The molecule has 1 aromatic heterocycles. The molecule has 0 aliphatic heterocycles. The van der Waals surface area contributed by atoms with Crippen LogP contribution in [0.5, 0.6) is 0 Å². The van der Waals surface area contributed by atoms with Crippen molar-refractivity contribution in [3.8, 4) is 0 Å². The van der Waals surface area contributed by atoms with Gasteiger partial charge in [-0.15, -0.1) is 0 Å². The molecule has 76 valence electrons. The van der Waals surface area contributed by atoms with Gasteiger partial charge in [0, 0.05) is 6.20 Å². The molecule has 0 spiro atoms. The predicted molar refractivity (Wildman–Crippen MR) is 54.8 cm³/mol. The van der Waals surface area contributed by atoms with Crippen LogP contribution in [0.4, 0.5) is 5.82 Å². The van der Waals surface area contributed by atoms with Gasteiger partial charge >= 0.3 is 5.97 Å². The van der Waals surface area contributed by atoms with Gasteiger partial charge in [0.15, 0.2) is 0 Å². The van der Waals surface area contributed by atoms with Crippen LogP contribution in [-0.2, 0) is 9.53 Å². The normalized spacial score (nSPS) is 9.64. The van der Waals surface area contributed by atoms with Crippen LogP contribution in [0.2, 0.25) is 10.0 Å². The number of nitrogens with zero attached hydrogens (tertiary/aromatic N) is 1. The molecule has 1 rings (SSSR count). The number of halogens is 2. The zero-order chi connectivity index (χ0) is 10.6. The van der Waals surface area contributed by atoms with Crippen molar-refractivity contribution in [2.45, 2.75) is 0 Å². The molecule has 0 saturated heterocycles. The lowest BCUT2D eigenvalue weighted by Gasteiger charge is -2.05. The molecule has 1 N–H and O–H groups in total. The molecule has 0 aromatic carbocycles. The van der Waals surface area contributed by atoms with E-state index in [0.29, 0.717) is 15.9 Å². The molecule has 0 aliphatic rings. The van der Waals surface area contributed by atoms with E-state index in [2.05, 4.69) is 15.0 Å². The summed E-state index contributed by atoms with van der Waals surface area (Å²) in [5, 5.41) is 3.52. The molecule has 14 heavy (non-hydrogen) atoms. The third-order valence-electron chi connectivity index (χ3n) is 1.44. The van der Waals surface area contributed by atoms with E-state index in [-0.39, 0.29) is 6.54 Å². The highest BCUT2D eigenvalue weighted by molar-refractivity contribution is 6.35. The molecule has 0 unspecified atom stereocenters. The second-order valence-electron chi connectivity index (χ2n) is 2.41. The summed E-state index contributed by atoms with van der Waals surface area (Å²) in [4.78, 5) is 14.7. The zero-order valence-corrected chi connectivity index (χ0v) is 8.89. The van der Waals surface area contributed by atoms with Gasteiger partial charge in [-0.2, -0.15) is 0 Å². The molecule has 0 fully saturated rings. The quantitative estimate of drug-likeness (QED) is 0.813. The summed E-state index contributed by atoms with van der Waals surface area (Å²) in [7, 11) is 1.31. The fourth-order valence-electron chi connectivity index (χ4n) is 0.773. The Kier molecular flexibility index (Phi) is 3.98.